The second-order valence-corrected chi connectivity index (χ2v) is 5.86. The Labute approximate surface area is 95.8 Å². The Kier molecular flexibility index (Phi) is 5.66. The lowest BCUT2D eigenvalue weighted by atomic mass is 9.76. The lowest BCUT2D eigenvalue weighted by Gasteiger charge is -2.32. The smallest absolute Gasteiger partial charge is 0.00695 e. The summed E-state index contributed by atoms with van der Waals surface area (Å²) in [6, 6.07) is 0.465. The van der Waals surface area contributed by atoms with Crippen LogP contribution in [0.5, 0.6) is 0 Å². The van der Waals surface area contributed by atoms with Crippen molar-refractivity contribution in [2.75, 3.05) is 0 Å². The highest BCUT2D eigenvalue weighted by atomic mass is 14.7. The van der Waals surface area contributed by atoms with E-state index in [1.54, 1.807) is 0 Å². The molecule has 90 valence electrons. The van der Waals surface area contributed by atoms with Gasteiger partial charge in [0.05, 0.1) is 0 Å². The van der Waals surface area contributed by atoms with E-state index in [1.165, 1.54) is 44.9 Å². The summed E-state index contributed by atoms with van der Waals surface area (Å²) in [4.78, 5) is 0. The second-order valence-electron chi connectivity index (χ2n) is 5.86. The van der Waals surface area contributed by atoms with Gasteiger partial charge in [-0.3, -0.25) is 0 Å². The Morgan fingerprint density at radius 3 is 2.20 bits per heavy atom. The average Bonchev–Trinajstić information content (AvgIpc) is 2.18. The molecule has 0 amide bonds. The molecule has 1 rings (SSSR count). The minimum absolute atomic E-state index is 0.465. The molecule has 1 saturated carbocycles. The zero-order chi connectivity index (χ0) is 11.3. The van der Waals surface area contributed by atoms with Crippen LogP contribution in [0, 0.1) is 17.8 Å². The molecule has 0 aromatic carbocycles. The molecular weight excluding hydrogens is 182 g/mol. The SMILES string of the molecule is CCCC1CCC(C(N)CC(C)C)CC1. The van der Waals surface area contributed by atoms with Gasteiger partial charge < -0.3 is 5.73 Å². The fourth-order valence-electron chi connectivity index (χ4n) is 3.05. The molecule has 0 radical (unpaired) electrons. The van der Waals surface area contributed by atoms with Crippen LogP contribution >= 0.6 is 0 Å². The zero-order valence-electron chi connectivity index (χ0n) is 10.8. The third-order valence-electron chi connectivity index (χ3n) is 3.94. The molecule has 1 atom stereocenters. The molecule has 0 spiro atoms. The molecule has 0 saturated heterocycles. The van der Waals surface area contributed by atoms with Crippen LogP contribution in [-0.4, -0.2) is 6.04 Å². The summed E-state index contributed by atoms with van der Waals surface area (Å²) in [6.45, 7) is 6.86. The minimum atomic E-state index is 0.465. The van der Waals surface area contributed by atoms with Gasteiger partial charge in [-0.1, -0.05) is 46.5 Å². The third-order valence-corrected chi connectivity index (χ3v) is 3.94. The van der Waals surface area contributed by atoms with Crippen LogP contribution in [-0.2, 0) is 0 Å². The van der Waals surface area contributed by atoms with Gasteiger partial charge in [0.15, 0.2) is 0 Å². The van der Waals surface area contributed by atoms with Crippen LogP contribution in [0.15, 0.2) is 0 Å². The first-order valence-electron chi connectivity index (χ1n) is 6.89. The number of hydrogen-bond donors (Lipinski definition) is 1. The number of nitrogens with two attached hydrogens (primary N) is 1. The Morgan fingerprint density at radius 1 is 1.13 bits per heavy atom. The second kappa shape index (κ2) is 6.52. The van der Waals surface area contributed by atoms with Crippen molar-refractivity contribution in [2.45, 2.75) is 71.8 Å². The molecule has 1 aliphatic rings. The maximum Gasteiger partial charge on any atom is 0.00695 e. The van der Waals surface area contributed by atoms with Gasteiger partial charge in [0.25, 0.3) is 0 Å². The number of rotatable bonds is 5. The highest BCUT2D eigenvalue weighted by Gasteiger charge is 2.25. The zero-order valence-corrected chi connectivity index (χ0v) is 10.8. The molecule has 1 unspecified atom stereocenters. The van der Waals surface area contributed by atoms with Crippen molar-refractivity contribution < 1.29 is 0 Å². The molecule has 0 bridgehead atoms. The highest BCUT2D eigenvalue weighted by Crippen LogP contribution is 2.33. The predicted molar refractivity (Wildman–Crippen MR) is 67.8 cm³/mol. The van der Waals surface area contributed by atoms with E-state index < -0.39 is 0 Å². The molecular formula is C14H29N. The summed E-state index contributed by atoms with van der Waals surface area (Å²) in [6.07, 6.45) is 9.65. The van der Waals surface area contributed by atoms with Crippen molar-refractivity contribution in [1.29, 1.82) is 0 Å². The van der Waals surface area contributed by atoms with Gasteiger partial charge in [0, 0.05) is 6.04 Å². The summed E-state index contributed by atoms with van der Waals surface area (Å²) in [5, 5.41) is 0. The van der Waals surface area contributed by atoms with Gasteiger partial charge in [0.1, 0.15) is 0 Å². The first-order valence-corrected chi connectivity index (χ1v) is 6.89. The van der Waals surface area contributed by atoms with E-state index in [1.807, 2.05) is 0 Å². The average molecular weight is 211 g/mol. The summed E-state index contributed by atoms with van der Waals surface area (Å²) in [5.74, 6) is 2.59. The summed E-state index contributed by atoms with van der Waals surface area (Å²) in [5.41, 5.74) is 6.27. The lowest BCUT2D eigenvalue weighted by molar-refractivity contribution is 0.220. The maximum absolute atomic E-state index is 6.27. The Balaban J connectivity index is 2.24. The topological polar surface area (TPSA) is 26.0 Å². The first-order chi connectivity index (χ1) is 7.13. The third kappa shape index (κ3) is 4.55. The summed E-state index contributed by atoms with van der Waals surface area (Å²) < 4.78 is 0. The van der Waals surface area contributed by atoms with E-state index in [9.17, 15) is 0 Å². The van der Waals surface area contributed by atoms with E-state index in [0.29, 0.717) is 6.04 Å². The van der Waals surface area contributed by atoms with Crippen LogP contribution in [0.2, 0.25) is 0 Å². The molecule has 15 heavy (non-hydrogen) atoms. The van der Waals surface area contributed by atoms with Crippen LogP contribution in [0.25, 0.3) is 0 Å². The van der Waals surface area contributed by atoms with E-state index in [-0.39, 0.29) is 0 Å². The quantitative estimate of drug-likeness (QED) is 0.731. The van der Waals surface area contributed by atoms with Crippen molar-refractivity contribution >= 4 is 0 Å². The fourth-order valence-corrected chi connectivity index (χ4v) is 3.05. The normalized spacial score (nSPS) is 29.4. The maximum atomic E-state index is 6.27. The first kappa shape index (κ1) is 13.0. The summed E-state index contributed by atoms with van der Waals surface area (Å²) in [7, 11) is 0. The van der Waals surface area contributed by atoms with Crippen LogP contribution in [0.4, 0.5) is 0 Å². The molecule has 0 heterocycles. The minimum Gasteiger partial charge on any atom is -0.327 e. The van der Waals surface area contributed by atoms with Crippen molar-refractivity contribution in [1.82, 2.24) is 0 Å². The van der Waals surface area contributed by atoms with Crippen molar-refractivity contribution in [3.8, 4) is 0 Å². The van der Waals surface area contributed by atoms with E-state index >= 15 is 0 Å². The molecule has 0 aromatic heterocycles. The molecule has 1 fully saturated rings. The van der Waals surface area contributed by atoms with Crippen LogP contribution in [0.3, 0.4) is 0 Å². The Morgan fingerprint density at radius 2 is 1.73 bits per heavy atom. The van der Waals surface area contributed by atoms with Gasteiger partial charge >= 0.3 is 0 Å². The summed E-state index contributed by atoms with van der Waals surface area (Å²) >= 11 is 0. The van der Waals surface area contributed by atoms with Crippen molar-refractivity contribution in [3.63, 3.8) is 0 Å². The Bertz CT molecular complexity index is 157. The van der Waals surface area contributed by atoms with Crippen molar-refractivity contribution in [2.24, 2.45) is 23.5 Å². The van der Waals surface area contributed by atoms with Crippen LogP contribution < -0.4 is 5.73 Å². The van der Waals surface area contributed by atoms with Crippen molar-refractivity contribution in [3.05, 3.63) is 0 Å². The Hall–Kier alpha value is -0.0400. The molecule has 2 N–H and O–H groups in total. The van der Waals surface area contributed by atoms with E-state index in [4.69, 9.17) is 5.73 Å². The predicted octanol–water partition coefficient (Wildman–Crippen LogP) is 3.97. The number of hydrogen-bond acceptors (Lipinski definition) is 1. The molecule has 0 aliphatic heterocycles. The molecule has 1 aliphatic carbocycles. The fraction of sp³-hybridized carbons (Fsp3) is 1.00. The van der Waals surface area contributed by atoms with Gasteiger partial charge in [-0.05, 0) is 37.0 Å². The highest BCUT2D eigenvalue weighted by molar-refractivity contribution is 4.80. The monoisotopic (exact) mass is 211 g/mol. The molecule has 1 heteroatoms. The molecule has 0 aromatic rings. The van der Waals surface area contributed by atoms with Crippen LogP contribution in [0.1, 0.15) is 65.7 Å². The van der Waals surface area contributed by atoms with Gasteiger partial charge in [-0.15, -0.1) is 0 Å². The van der Waals surface area contributed by atoms with Gasteiger partial charge in [0.2, 0.25) is 0 Å². The van der Waals surface area contributed by atoms with E-state index in [2.05, 4.69) is 20.8 Å². The largest absolute Gasteiger partial charge is 0.327 e. The molecule has 1 nitrogen and oxygen atoms in total. The standard InChI is InChI=1S/C14H29N/c1-4-5-12-6-8-13(9-7-12)14(15)10-11(2)3/h11-14H,4-10,15H2,1-3H3. The van der Waals surface area contributed by atoms with Gasteiger partial charge in [-0.2, -0.15) is 0 Å². The lowest BCUT2D eigenvalue weighted by Crippen LogP contribution is -2.34. The van der Waals surface area contributed by atoms with Gasteiger partial charge in [-0.25, -0.2) is 0 Å². The van der Waals surface area contributed by atoms with E-state index in [0.717, 1.165) is 17.8 Å².